The first-order valence-electron chi connectivity index (χ1n) is 9.17. The summed E-state index contributed by atoms with van der Waals surface area (Å²) in [6, 6.07) is 18.1. The summed E-state index contributed by atoms with van der Waals surface area (Å²) in [5.41, 5.74) is 1.94. The summed E-state index contributed by atoms with van der Waals surface area (Å²) in [7, 11) is 1.75. The lowest BCUT2D eigenvalue weighted by Gasteiger charge is -2.29. The summed E-state index contributed by atoms with van der Waals surface area (Å²) >= 11 is 5.25. The molecule has 8 heteroatoms. The number of hydrogen-bond acceptors (Lipinski definition) is 5. The molecule has 1 fully saturated rings. The lowest BCUT2D eigenvalue weighted by Crippen LogP contribution is -2.54. The Morgan fingerprint density at radius 3 is 2.33 bits per heavy atom. The van der Waals surface area contributed by atoms with Crippen LogP contribution in [0.25, 0.3) is 6.08 Å². The van der Waals surface area contributed by atoms with Crippen LogP contribution in [0.2, 0.25) is 0 Å². The maximum Gasteiger partial charge on any atom is 0.270 e. The Morgan fingerprint density at radius 1 is 1.03 bits per heavy atom. The highest BCUT2D eigenvalue weighted by Crippen LogP contribution is 2.27. The minimum Gasteiger partial charge on any atom is -0.457 e. The third kappa shape index (κ3) is 3.85. The molecule has 0 aliphatic carbocycles. The molecule has 3 aromatic rings. The average Bonchev–Trinajstić information content (AvgIpc) is 3.04. The number of anilines is 1. The SMILES string of the molecule is Cc1cc(C=C2C(=O)NC(=S)N(c3ccc(Oc4ccccc4)cc3)C2=O)n(C)n1. The minimum absolute atomic E-state index is 0.0174. The van der Waals surface area contributed by atoms with Gasteiger partial charge < -0.3 is 4.74 Å². The number of rotatable bonds is 4. The highest BCUT2D eigenvalue weighted by atomic mass is 32.1. The number of nitrogens with zero attached hydrogens (tertiary/aromatic N) is 3. The standard InChI is InChI=1S/C22H18N4O3S/c1-14-12-16(25(2)24-14)13-19-20(27)23-22(30)26(21(19)28)15-8-10-18(11-9-15)29-17-6-4-3-5-7-17/h3-13H,1-2H3,(H,23,27,30). The van der Waals surface area contributed by atoms with E-state index in [2.05, 4.69) is 10.4 Å². The number of nitrogens with one attached hydrogen (secondary N) is 1. The summed E-state index contributed by atoms with van der Waals surface area (Å²) in [5, 5.41) is 6.84. The number of aryl methyl sites for hydroxylation is 2. The van der Waals surface area contributed by atoms with Crippen LogP contribution in [-0.2, 0) is 16.6 Å². The molecule has 0 atom stereocenters. The molecule has 30 heavy (non-hydrogen) atoms. The zero-order valence-electron chi connectivity index (χ0n) is 16.3. The van der Waals surface area contributed by atoms with Gasteiger partial charge in [0.25, 0.3) is 11.8 Å². The number of amides is 2. The maximum absolute atomic E-state index is 13.1. The van der Waals surface area contributed by atoms with Gasteiger partial charge in [-0.15, -0.1) is 0 Å². The van der Waals surface area contributed by atoms with Gasteiger partial charge in [0, 0.05) is 7.05 Å². The van der Waals surface area contributed by atoms with E-state index < -0.39 is 11.8 Å². The summed E-state index contributed by atoms with van der Waals surface area (Å²) in [6.07, 6.45) is 1.51. The summed E-state index contributed by atoms with van der Waals surface area (Å²) < 4.78 is 7.39. The molecule has 7 nitrogen and oxygen atoms in total. The molecule has 2 amide bonds. The first-order valence-corrected chi connectivity index (χ1v) is 9.58. The predicted molar refractivity (Wildman–Crippen MR) is 117 cm³/mol. The number of benzene rings is 2. The van der Waals surface area contributed by atoms with Crippen LogP contribution in [0.5, 0.6) is 11.5 Å². The largest absolute Gasteiger partial charge is 0.457 e. The quantitative estimate of drug-likeness (QED) is 0.400. The number of ether oxygens (including phenoxy) is 1. The predicted octanol–water partition coefficient (Wildman–Crippen LogP) is 3.35. The summed E-state index contributed by atoms with van der Waals surface area (Å²) in [5.74, 6) is 0.285. The molecule has 2 heterocycles. The molecule has 0 saturated carbocycles. The van der Waals surface area contributed by atoms with Crippen LogP contribution >= 0.6 is 12.2 Å². The molecule has 1 saturated heterocycles. The van der Waals surface area contributed by atoms with Crippen molar-refractivity contribution in [2.75, 3.05) is 4.90 Å². The van der Waals surface area contributed by atoms with E-state index in [9.17, 15) is 9.59 Å². The van der Waals surface area contributed by atoms with Gasteiger partial charge in [-0.25, -0.2) is 0 Å². The Hall–Kier alpha value is -3.78. The van der Waals surface area contributed by atoms with Crippen molar-refractivity contribution < 1.29 is 14.3 Å². The molecule has 150 valence electrons. The maximum atomic E-state index is 13.1. The van der Waals surface area contributed by atoms with Gasteiger partial charge in [-0.05, 0) is 67.7 Å². The molecule has 4 rings (SSSR count). The van der Waals surface area contributed by atoms with E-state index in [1.54, 1.807) is 42.1 Å². The summed E-state index contributed by atoms with van der Waals surface area (Å²) in [4.78, 5) is 26.8. The van der Waals surface area contributed by atoms with E-state index in [-0.39, 0.29) is 10.7 Å². The third-order valence-corrected chi connectivity index (χ3v) is 4.79. The normalized spacial score (nSPS) is 15.5. The van der Waals surface area contributed by atoms with Crippen molar-refractivity contribution >= 4 is 40.9 Å². The number of carbonyl (C=O) groups excluding carboxylic acids is 2. The van der Waals surface area contributed by atoms with Gasteiger partial charge >= 0.3 is 0 Å². The van der Waals surface area contributed by atoms with Gasteiger partial charge in [0.15, 0.2) is 5.11 Å². The third-order valence-electron chi connectivity index (χ3n) is 4.51. The van der Waals surface area contributed by atoms with E-state index in [0.717, 1.165) is 5.69 Å². The van der Waals surface area contributed by atoms with Crippen molar-refractivity contribution in [3.63, 3.8) is 0 Å². The Kier molecular flexibility index (Phi) is 5.16. The van der Waals surface area contributed by atoms with E-state index in [1.807, 2.05) is 37.3 Å². The fourth-order valence-electron chi connectivity index (χ4n) is 3.09. The van der Waals surface area contributed by atoms with Crippen molar-refractivity contribution in [3.05, 3.63) is 77.6 Å². The molecule has 1 aliphatic heterocycles. The molecular weight excluding hydrogens is 400 g/mol. The molecule has 0 radical (unpaired) electrons. The molecule has 1 aliphatic rings. The number of thiocarbonyl (C=S) groups is 1. The molecule has 1 N–H and O–H groups in total. The monoisotopic (exact) mass is 418 g/mol. The van der Waals surface area contributed by atoms with Crippen molar-refractivity contribution in [1.82, 2.24) is 15.1 Å². The van der Waals surface area contributed by atoms with Crippen LogP contribution in [0.1, 0.15) is 11.4 Å². The first kappa shape index (κ1) is 19.5. The van der Waals surface area contributed by atoms with Crippen LogP contribution < -0.4 is 15.0 Å². The fourth-order valence-corrected chi connectivity index (χ4v) is 3.37. The fraction of sp³-hybridized carbons (Fsp3) is 0.0909. The molecular formula is C22H18N4O3S. The Labute approximate surface area is 178 Å². The van der Waals surface area contributed by atoms with Gasteiger partial charge in [-0.3, -0.25) is 24.5 Å². The number of para-hydroxylation sites is 1. The van der Waals surface area contributed by atoms with Gasteiger partial charge in [0.05, 0.1) is 17.1 Å². The van der Waals surface area contributed by atoms with Crippen molar-refractivity contribution in [2.24, 2.45) is 7.05 Å². The molecule has 2 aromatic carbocycles. The lowest BCUT2D eigenvalue weighted by molar-refractivity contribution is -0.122. The van der Waals surface area contributed by atoms with Crippen LogP contribution in [-0.4, -0.2) is 26.7 Å². The topological polar surface area (TPSA) is 76.5 Å². The second-order valence-electron chi connectivity index (χ2n) is 6.70. The van der Waals surface area contributed by atoms with Gasteiger partial charge in [0.2, 0.25) is 0 Å². The van der Waals surface area contributed by atoms with E-state index in [0.29, 0.717) is 22.9 Å². The Balaban J connectivity index is 1.61. The van der Waals surface area contributed by atoms with Crippen LogP contribution in [0, 0.1) is 6.92 Å². The number of hydrogen-bond donors (Lipinski definition) is 1. The zero-order valence-corrected chi connectivity index (χ0v) is 17.1. The van der Waals surface area contributed by atoms with Crippen molar-refractivity contribution in [2.45, 2.75) is 6.92 Å². The van der Waals surface area contributed by atoms with Crippen molar-refractivity contribution in [3.8, 4) is 11.5 Å². The second-order valence-corrected chi connectivity index (χ2v) is 7.09. The zero-order chi connectivity index (χ0) is 21.3. The van der Waals surface area contributed by atoms with Crippen LogP contribution in [0.15, 0.2) is 66.2 Å². The number of aromatic nitrogens is 2. The first-order chi connectivity index (χ1) is 14.4. The van der Waals surface area contributed by atoms with E-state index >= 15 is 0 Å². The lowest BCUT2D eigenvalue weighted by atomic mass is 10.1. The molecule has 0 unspecified atom stereocenters. The highest BCUT2D eigenvalue weighted by molar-refractivity contribution is 7.80. The second kappa shape index (κ2) is 7.92. The van der Waals surface area contributed by atoms with E-state index in [4.69, 9.17) is 17.0 Å². The Bertz CT molecular complexity index is 1170. The Morgan fingerprint density at radius 2 is 1.70 bits per heavy atom. The highest BCUT2D eigenvalue weighted by Gasteiger charge is 2.34. The average molecular weight is 418 g/mol. The summed E-state index contributed by atoms with van der Waals surface area (Å²) in [6.45, 7) is 1.84. The van der Waals surface area contributed by atoms with Gasteiger partial charge in [-0.2, -0.15) is 5.10 Å². The van der Waals surface area contributed by atoms with Crippen LogP contribution in [0.3, 0.4) is 0 Å². The molecule has 0 bridgehead atoms. The van der Waals surface area contributed by atoms with E-state index in [1.165, 1.54) is 11.0 Å². The smallest absolute Gasteiger partial charge is 0.270 e. The number of carbonyl (C=O) groups is 2. The molecule has 1 aromatic heterocycles. The van der Waals surface area contributed by atoms with Crippen LogP contribution in [0.4, 0.5) is 5.69 Å². The molecule has 0 spiro atoms. The van der Waals surface area contributed by atoms with Gasteiger partial charge in [0.1, 0.15) is 17.1 Å². The van der Waals surface area contributed by atoms with Gasteiger partial charge in [-0.1, -0.05) is 18.2 Å². The minimum atomic E-state index is -0.538. The van der Waals surface area contributed by atoms with Crippen molar-refractivity contribution in [1.29, 1.82) is 0 Å².